The monoisotopic (exact) mass is 330 g/mol. The van der Waals surface area contributed by atoms with Crippen LogP contribution in [0.15, 0.2) is 36.4 Å². The maximum atomic E-state index is 12.6. The average Bonchev–Trinajstić information content (AvgIpc) is 2.60. The Bertz CT molecular complexity index is 666. The quantitative estimate of drug-likeness (QED) is 0.532. The highest BCUT2D eigenvalue weighted by atomic mass is 16.6. The molecule has 0 aliphatic rings. The molecule has 0 spiro atoms. The van der Waals surface area contributed by atoms with E-state index in [-0.39, 0.29) is 5.75 Å². The summed E-state index contributed by atoms with van der Waals surface area (Å²) < 4.78 is 11.2. The number of carbonyl (C=O) groups is 1. The van der Waals surface area contributed by atoms with Crippen molar-refractivity contribution in [3.63, 3.8) is 0 Å². The lowest BCUT2D eigenvalue weighted by Gasteiger charge is -2.20. The topological polar surface area (TPSA) is 55.8 Å². The molecule has 0 heterocycles. The maximum Gasteiger partial charge on any atom is 0.340 e. The number of aromatic hydroxyl groups is 1. The molecule has 1 N–H and O–H groups in total. The Hall–Kier alpha value is -2.07. The zero-order valence-corrected chi connectivity index (χ0v) is 14.5. The van der Waals surface area contributed by atoms with Crippen LogP contribution in [0.3, 0.4) is 0 Å². The second-order valence-corrected chi connectivity index (χ2v) is 5.84. The summed E-state index contributed by atoms with van der Waals surface area (Å²) in [5.41, 5.74) is 0.491. The van der Waals surface area contributed by atoms with Gasteiger partial charge in [0.1, 0.15) is 5.75 Å². The molecule has 2 aromatic rings. The summed E-state index contributed by atoms with van der Waals surface area (Å²) >= 11 is 0. The van der Waals surface area contributed by atoms with Crippen molar-refractivity contribution in [3.8, 4) is 5.75 Å². The molecule has 2 aromatic carbocycles. The second kappa shape index (κ2) is 9.28. The standard InChI is InChI=1S/C20H26O4/c1-3-5-13-23-19(20(22)24-14-6-4-2)18-16-10-8-7-9-15(16)11-12-17(18)21/h7-12,19,21H,3-6,13-14H2,1-2H3. The Kier molecular flexibility index (Phi) is 7.07. The Morgan fingerprint density at radius 1 is 1.04 bits per heavy atom. The smallest absolute Gasteiger partial charge is 0.340 e. The van der Waals surface area contributed by atoms with Crippen LogP contribution in [0, 0.1) is 0 Å². The van der Waals surface area contributed by atoms with E-state index < -0.39 is 12.1 Å². The molecular weight excluding hydrogens is 304 g/mol. The molecule has 2 rings (SSSR count). The molecule has 0 radical (unpaired) electrons. The first-order valence-electron chi connectivity index (χ1n) is 8.67. The lowest BCUT2D eigenvalue weighted by atomic mass is 9.99. The third-order valence-electron chi connectivity index (χ3n) is 3.95. The number of esters is 1. The fourth-order valence-electron chi connectivity index (χ4n) is 2.57. The van der Waals surface area contributed by atoms with Gasteiger partial charge >= 0.3 is 5.97 Å². The molecule has 0 fully saturated rings. The fourth-order valence-corrected chi connectivity index (χ4v) is 2.57. The van der Waals surface area contributed by atoms with Gasteiger partial charge in [-0.15, -0.1) is 0 Å². The fraction of sp³-hybridized carbons (Fsp3) is 0.450. The van der Waals surface area contributed by atoms with E-state index in [0.717, 1.165) is 36.5 Å². The highest BCUT2D eigenvalue weighted by Gasteiger charge is 2.27. The van der Waals surface area contributed by atoms with Crippen LogP contribution < -0.4 is 0 Å². The third-order valence-corrected chi connectivity index (χ3v) is 3.95. The minimum Gasteiger partial charge on any atom is -0.508 e. The van der Waals surface area contributed by atoms with Crippen molar-refractivity contribution in [3.05, 3.63) is 42.0 Å². The van der Waals surface area contributed by atoms with Crippen molar-refractivity contribution in [1.29, 1.82) is 0 Å². The molecule has 1 unspecified atom stereocenters. The van der Waals surface area contributed by atoms with Crippen LogP contribution >= 0.6 is 0 Å². The lowest BCUT2D eigenvalue weighted by molar-refractivity contribution is -0.158. The Labute approximate surface area is 143 Å². The molecule has 0 saturated heterocycles. The summed E-state index contributed by atoms with van der Waals surface area (Å²) in [6, 6.07) is 11.1. The zero-order chi connectivity index (χ0) is 17.4. The first-order chi connectivity index (χ1) is 11.7. The van der Waals surface area contributed by atoms with Gasteiger partial charge < -0.3 is 14.6 Å². The largest absolute Gasteiger partial charge is 0.508 e. The van der Waals surface area contributed by atoms with Gasteiger partial charge in [-0.2, -0.15) is 0 Å². The maximum absolute atomic E-state index is 12.6. The first kappa shape index (κ1) is 18.3. The molecule has 4 heteroatoms. The van der Waals surface area contributed by atoms with Gasteiger partial charge in [0, 0.05) is 12.2 Å². The molecule has 0 aromatic heterocycles. The van der Waals surface area contributed by atoms with Crippen molar-refractivity contribution in [2.45, 2.75) is 45.6 Å². The number of hydrogen-bond donors (Lipinski definition) is 1. The molecule has 24 heavy (non-hydrogen) atoms. The summed E-state index contributed by atoms with van der Waals surface area (Å²) in [4.78, 5) is 12.6. The summed E-state index contributed by atoms with van der Waals surface area (Å²) in [6.07, 6.45) is 2.69. The number of hydrogen-bond acceptors (Lipinski definition) is 4. The number of carbonyl (C=O) groups excluding carboxylic acids is 1. The Morgan fingerprint density at radius 2 is 1.75 bits per heavy atom. The van der Waals surface area contributed by atoms with Gasteiger partial charge in [0.05, 0.1) is 6.61 Å². The van der Waals surface area contributed by atoms with Gasteiger partial charge in [-0.25, -0.2) is 4.79 Å². The van der Waals surface area contributed by atoms with Crippen LogP contribution in [0.25, 0.3) is 10.8 Å². The van der Waals surface area contributed by atoms with E-state index in [1.54, 1.807) is 6.07 Å². The van der Waals surface area contributed by atoms with E-state index in [0.29, 0.717) is 18.8 Å². The van der Waals surface area contributed by atoms with Crippen molar-refractivity contribution in [2.24, 2.45) is 0 Å². The average molecular weight is 330 g/mol. The molecule has 0 bridgehead atoms. The zero-order valence-electron chi connectivity index (χ0n) is 14.5. The van der Waals surface area contributed by atoms with Crippen molar-refractivity contribution in [1.82, 2.24) is 0 Å². The van der Waals surface area contributed by atoms with E-state index in [9.17, 15) is 9.90 Å². The minimum absolute atomic E-state index is 0.0580. The van der Waals surface area contributed by atoms with Crippen LogP contribution in [0.1, 0.15) is 51.2 Å². The molecule has 0 aliphatic heterocycles. The van der Waals surface area contributed by atoms with Crippen molar-refractivity contribution >= 4 is 16.7 Å². The summed E-state index contributed by atoms with van der Waals surface area (Å²) in [7, 11) is 0. The van der Waals surface area contributed by atoms with Gasteiger partial charge in [-0.1, -0.05) is 57.0 Å². The van der Waals surface area contributed by atoms with E-state index >= 15 is 0 Å². The molecule has 1 atom stereocenters. The number of fused-ring (bicyclic) bond motifs is 1. The molecule has 0 amide bonds. The molecule has 130 valence electrons. The van der Waals surface area contributed by atoms with Gasteiger partial charge in [-0.05, 0) is 29.7 Å². The Morgan fingerprint density at radius 3 is 2.50 bits per heavy atom. The summed E-state index contributed by atoms with van der Waals surface area (Å²) in [5, 5.41) is 12.1. The predicted octanol–water partition coefficient (Wildman–Crippen LogP) is 4.75. The van der Waals surface area contributed by atoms with Crippen LogP contribution in [-0.4, -0.2) is 24.3 Å². The third kappa shape index (κ3) is 4.48. The van der Waals surface area contributed by atoms with E-state index in [1.165, 1.54) is 0 Å². The molecule has 0 aliphatic carbocycles. The van der Waals surface area contributed by atoms with Crippen LogP contribution in [-0.2, 0) is 14.3 Å². The lowest BCUT2D eigenvalue weighted by Crippen LogP contribution is -2.20. The predicted molar refractivity (Wildman–Crippen MR) is 95.1 cm³/mol. The van der Waals surface area contributed by atoms with E-state index in [1.807, 2.05) is 37.3 Å². The highest BCUT2D eigenvalue weighted by Crippen LogP contribution is 2.35. The molecule has 4 nitrogen and oxygen atoms in total. The normalized spacial score (nSPS) is 12.2. The van der Waals surface area contributed by atoms with E-state index in [2.05, 4.69) is 6.92 Å². The van der Waals surface area contributed by atoms with Gasteiger partial charge in [0.25, 0.3) is 0 Å². The van der Waals surface area contributed by atoms with Gasteiger partial charge in [-0.3, -0.25) is 0 Å². The summed E-state index contributed by atoms with van der Waals surface area (Å²) in [6.45, 7) is 4.92. The number of phenols is 1. The summed E-state index contributed by atoms with van der Waals surface area (Å²) in [5.74, 6) is -0.381. The Balaban J connectivity index is 2.35. The van der Waals surface area contributed by atoms with Crippen LogP contribution in [0.5, 0.6) is 5.75 Å². The van der Waals surface area contributed by atoms with Crippen LogP contribution in [0.4, 0.5) is 0 Å². The number of phenolic OH excluding ortho intramolecular Hbond substituents is 1. The number of unbranched alkanes of at least 4 members (excludes halogenated alkanes) is 2. The molecular formula is C20H26O4. The van der Waals surface area contributed by atoms with Crippen molar-refractivity contribution < 1.29 is 19.4 Å². The minimum atomic E-state index is -0.903. The van der Waals surface area contributed by atoms with E-state index in [4.69, 9.17) is 9.47 Å². The SMILES string of the molecule is CCCCOC(=O)C(OCCCC)c1c(O)ccc2ccccc12. The van der Waals surface area contributed by atoms with Crippen molar-refractivity contribution in [2.75, 3.05) is 13.2 Å². The van der Waals surface area contributed by atoms with Crippen LogP contribution in [0.2, 0.25) is 0 Å². The van der Waals surface area contributed by atoms with Gasteiger partial charge in [0.15, 0.2) is 6.10 Å². The second-order valence-electron chi connectivity index (χ2n) is 5.84. The molecule has 0 saturated carbocycles. The van der Waals surface area contributed by atoms with Gasteiger partial charge in [0.2, 0.25) is 0 Å². The number of ether oxygens (including phenoxy) is 2. The number of rotatable bonds is 9. The first-order valence-corrected chi connectivity index (χ1v) is 8.67. The highest BCUT2D eigenvalue weighted by molar-refractivity contribution is 5.92. The number of benzene rings is 2.